The highest BCUT2D eigenvalue weighted by Gasteiger charge is 2.02. The largest absolute Gasteiger partial charge is 0.368 e. The highest BCUT2D eigenvalue weighted by Crippen LogP contribution is 2.05. The van der Waals surface area contributed by atoms with Crippen LogP contribution < -0.4 is 5.32 Å². The van der Waals surface area contributed by atoms with E-state index in [1.165, 1.54) is 0 Å². The van der Waals surface area contributed by atoms with Gasteiger partial charge in [-0.2, -0.15) is 0 Å². The van der Waals surface area contributed by atoms with Gasteiger partial charge in [0.1, 0.15) is 18.0 Å². The van der Waals surface area contributed by atoms with E-state index in [2.05, 4.69) is 25.5 Å². The van der Waals surface area contributed by atoms with Gasteiger partial charge in [-0.05, 0) is 6.92 Å². The minimum absolute atomic E-state index is 0.770. The molecule has 0 aliphatic rings. The lowest BCUT2D eigenvalue weighted by Crippen LogP contribution is -2.10. The van der Waals surface area contributed by atoms with Crippen LogP contribution >= 0.6 is 0 Å². The Kier molecular flexibility index (Phi) is 3.09. The molecule has 0 amide bonds. The van der Waals surface area contributed by atoms with E-state index in [9.17, 15) is 0 Å². The first-order valence-electron chi connectivity index (χ1n) is 5.11. The van der Waals surface area contributed by atoms with Crippen molar-refractivity contribution >= 4 is 5.82 Å². The molecule has 0 radical (unpaired) electrons. The van der Waals surface area contributed by atoms with Gasteiger partial charge in [0, 0.05) is 32.4 Å². The Morgan fingerprint density at radius 1 is 1.31 bits per heavy atom. The Balaban J connectivity index is 1.89. The van der Waals surface area contributed by atoms with Crippen molar-refractivity contribution in [2.24, 2.45) is 7.05 Å². The Hall–Kier alpha value is -1.98. The number of aryl methyl sites for hydroxylation is 2. The first kappa shape index (κ1) is 10.5. The van der Waals surface area contributed by atoms with Gasteiger partial charge in [0.2, 0.25) is 0 Å². The van der Waals surface area contributed by atoms with E-state index < -0.39 is 0 Å². The SMILES string of the molecule is Cc1nccnc1NCCc1nncn1C. The number of hydrogen-bond donors (Lipinski definition) is 1. The standard InChI is InChI=1S/C10H14N6/c1-8-10(13-6-5-11-8)12-4-3-9-15-14-7-16(9)2/h5-7H,3-4H2,1-2H3,(H,12,13). The normalized spacial score (nSPS) is 10.4. The zero-order valence-corrected chi connectivity index (χ0v) is 9.38. The zero-order chi connectivity index (χ0) is 11.4. The molecular weight excluding hydrogens is 204 g/mol. The van der Waals surface area contributed by atoms with Crippen molar-refractivity contribution in [1.29, 1.82) is 0 Å². The molecule has 0 fully saturated rings. The fourth-order valence-electron chi connectivity index (χ4n) is 1.41. The summed E-state index contributed by atoms with van der Waals surface area (Å²) in [5.74, 6) is 1.78. The number of aromatic nitrogens is 5. The van der Waals surface area contributed by atoms with E-state index in [1.807, 2.05) is 18.5 Å². The van der Waals surface area contributed by atoms with Gasteiger partial charge >= 0.3 is 0 Å². The van der Waals surface area contributed by atoms with Crippen molar-refractivity contribution in [1.82, 2.24) is 24.7 Å². The molecule has 84 valence electrons. The molecule has 0 saturated carbocycles. The lowest BCUT2D eigenvalue weighted by molar-refractivity contribution is 0.786. The first-order chi connectivity index (χ1) is 7.77. The molecule has 0 saturated heterocycles. The van der Waals surface area contributed by atoms with Gasteiger partial charge in [0.25, 0.3) is 0 Å². The molecule has 6 nitrogen and oxygen atoms in total. The van der Waals surface area contributed by atoms with E-state index in [0.29, 0.717) is 0 Å². The van der Waals surface area contributed by atoms with E-state index in [0.717, 1.165) is 30.3 Å². The molecule has 0 unspecified atom stereocenters. The Morgan fingerprint density at radius 2 is 2.12 bits per heavy atom. The second kappa shape index (κ2) is 4.69. The number of anilines is 1. The van der Waals surface area contributed by atoms with Gasteiger partial charge < -0.3 is 9.88 Å². The highest BCUT2D eigenvalue weighted by atomic mass is 15.2. The van der Waals surface area contributed by atoms with Gasteiger partial charge in [0.05, 0.1) is 5.69 Å². The topological polar surface area (TPSA) is 68.5 Å². The van der Waals surface area contributed by atoms with Gasteiger partial charge in [-0.3, -0.25) is 4.98 Å². The van der Waals surface area contributed by atoms with Crippen LogP contribution in [0.25, 0.3) is 0 Å². The average molecular weight is 218 g/mol. The van der Waals surface area contributed by atoms with Crippen LogP contribution in [0.1, 0.15) is 11.5 Å². The lowest BCUT2D eigenvalue weighted by Gasteiger charge is -2.06. The molecular formula is C10H14N6. The van der Waals surface area contributed by atoms with Crippen molar-refractivity contribution in [3.05, 3.63) is 30.2 Å². The van der Waals surface area contributed by atoms with Crippen LogP contribution in [-0.2, 0) is 13.5 Å². The second-order valence-corrected chi connectivity index (χ2v) is 3.53. The summed E-state index contributed by atoms with van der Waals surface area (Å²) in [4.78, 5) is 8.36. The minimum Gasteiger partial charge on any atom is -0.368 e. The van der Waals surface area contributed by atoms with Crippen molar-refractivity contribution in [2.45, 2.75) is 13.3 Å². The molecule has 0 aromatic carbocycles. The molecule has 0 aliphatic heterocycles. The van der Waals surface area contributed by atoms with Gasteiger partial charge in [-0.15, -0.1) is 10.2 Å². The highest BCUT2D eigenvalue weighted by molar-refractivity contribution is 5.38. The van der Waals surface area contributed by atoms with Crippen LogP contribution in [0.5, 0.6) is 0 Å². The van der Waals surface area contributed by atoms with E-state index in [1.54, 1.807) is 18.7 Å². The molecule has 0 atom stereocenters. The van der Waals surface area contributed by atoms with Crippen molar-refractivity contribution < 1.29 is 0 Å². The maximum Gasteiger partial charge on any atom is 0.147 e. The van der Waals surface area contributed by atoms with Gasteiger partial charge in [-0.1, -0.05) is 0 Å². The Bertz CT molecular complexity index is 464. The van der Waals surface area contributed by atoms with Gasteiger partial charge in [0.15, 0.2) is 0 Å². The molecule has 2 aromatic rings. The Morgan fingerprint density at radius 3 is 2.81 bits per heavy atom. The number of nitrogens with zero attached hydrogens (tertiary/aromatic N) is 5. The fourth-order valence-corrected chi connectivity index (χ4v) is 1.41. The molecule has 2 heterocycles. The van der Waals surface area contributed by atoms with Crippen molar-refractivity contribution in [3.63, 3.8) is 0 Å². The third-order valence-electron chi connectivity index (χ3n) is 2.33. The van der Waals surface area contributed by atoms with Crippen LogP contribution in [0.3, 0.4) is 0 Å². The summed E-state index contributed by atoms with van der Waals surface area (Å²) in [6.45, 7) is 2.70. The predicted octanol–water partition coefficient (Wildman–Crippen LogP) is 0.568. The second-order valence-electron chi connectivity index (χ2n) is 3.53. The molecule has 0 bridgehead atoms. The summed E-state index contributed by atoms with van der Waals surface area (Å²) in [6.07, 6.45) is 5.87. The van der Waals surface area contributed by atoms with Crippen LogP contribution in [0.15, 0.2) is 18.7 Å². The van der Waals surface area contributed by atoms with Crippen LogP contribution in [0, 0.1) is 6.92 Å². The molecule has 1 N–H and O–H groups in total. The quantitative estimate of drug-likeness (QED) is 0.812. The molecule has 16 heavy (non-hydrogen) atoms. The molecule has 0 aliphatic carbocycles. The Labute approximate surface area is 93.8 Å². The maximum atomic E-state index is 4.20. The minimum atomic E-state index is 0.770. The number of rotatable bonds is 4. The summed E-state index contributed by atoms with van der Waals surface area (Å²) >= 11 is 0. The van der Waals surface area contributed by atoms with Crippen molar-refractivity contribution in [2.75, 3.05) is 11.9 Å². The zero-order valence-electron chi connectivity index (χ0n) is 9.38. The van der Waals surface area contributed by atoms with E-state index in [4.69, 9.17) is 0 Å². The first-order valence-corrected chi connectivity index (χ1v) is 5.11. The van der Waals surface area contributed by atoms with Crippen molar-refractivity contribution in [3.8, 4) is 0 Å². The third kappa shape index (κ3) is 2.33. The lowest BCUT2D eigenvalue weighted by atomic mass is 10.3. The summed E-state index contributed by atoms with van der Waals surface area (Å²) in [7, 11) is 1.93. The van der Waals surface area contributed by atoms with Crippen LogP contribution in [-0.4, -0.2) is 31.3 Å². The molecule has 0 spiro atoms. The smallest absolute Gasteiger partial charge is 0.147 e. The molecule has 6 heteroatoms. The van der Waals surface area contributed by atoms with Crippen LogP contribution in [0.2, 0.25) is 0 Å². The third-order valence-corrected chi connectivity index (χ3v) is 2.33. The monoisotopic (exact) mass is 218 g/mol. The fraction of sp³-hybridized carbons (Fsp3) is 0.400. The average Bonchev–Trinajstić information content (AvgIpc) is 2.67. The predicted molar refractivity (Wildman–Crippen MR) is 60.0 cm³/mol. The maximum absolute atomic E-state index is 4.20. The number of nitrogens with one attached hydrogen (secondary N) is 1. The summed E-state index contributed by atoms with van der Waals surface area (Å²) in [5.41, 5.74) is 0.903. The molecule has 2 aromatic heterocycles. The summed E-state index contributed by atoms with van der Waals surface area (Å²) in [6, 6.07) is 0. The summed E-state index contributed by atoms with van der Waals surface area (Å²) < 4.78 is 1.91. The van der Waals surface area contributed by atoms with E-state index >= 15 is 0 Å². The summed E-state index contributed by atoms with van der Waals surface area (Å²) in [5, 5.41) is 11.1. The molecule has 2 rings (SSSR count). The number of hydrogen-bond acceptors (Lipinski definition) is 5. The van der Waals surface area contributed by atoms with Gasteiger partial charge in [-0.25, -0.2) is 4.98 Å². The van der Waals surface area contributed by atoms with Crippen LogP contribution in [0.4, 0.5) is 5.82 Å². The van der Waals surface area contributed by atoms with E-state index in [-0.39, 0.29) is 0 Å².